The average Bonchev–Trinajstić information content (AvgIpc) is 3.29. The quantitative estimate of drug-likeness (QED) is 0.402. The van der Waals surface area contributed by atoms with E-state index in [4.69, 9.17) is 4.42 Å². The standard InChI is InChI=1S/C25H30F2O/c1-3-5-16-7-8-17(15-16)9-10-19-12-14-21-20-13-11-18(6-4-2)22(26)24(20)28-25(21)23(19)27/h11-14,16-17H,3-10,15H2,1-2H3. The molecule has 2 aromatic carbocycles. The van der Waals surface area contributed by atoms with Gasteiger partial charge in [-0.05, 0) is 60.8 Å². The maximum absolute atomic E-state index is 15.1. The summed E-state index contributed by atoms with van der Waals surface area (Å²) in [4.78, 5) is 0. The fraction of sp³-hybridized carbons (Fsp3) is 0.520. The van der Waals surface area contributed by atoms with Crippen molar-refractivity contribution in [1.29, 1.82) is 0 Å². The topological polar surface area (TPSA) is 13.1 Å². The first-order valence-electron chi connectivity index (χ1n) is 10.9. The zero-order valence-corrected chi connectivity index (χ0v) is 17.0. The molecule has 1 aromatic heterocycles. The molecule has 0 aliphatic heterocycles. The molecule has 28 heavy (non-hydrogen) atoms. The van der Waals surface area contributed by atoms with Gasteiger partial charge in [-0.3, -0.25) is 0 Å². The average molecular weight is 385 g/mol. The summed E-state index contributed by atoms with van der Waals surface area (Å²) >= 11 is 0. The van der Waals surface area contributed by atoms with E-state index in [-0.39, 0.29) is 22.8 Å². The van der Waals surface area contributed by atoms with Gasteiger partial charge in [-0.2, -0.15) is 0 Å². The maximum atomic E-state index is 15.1. The second kappa shape index (κ2) is 8.23. The van der Waals surface area contributed by atoms with E-state index in [0.29, 0.717) is 34.2 Å². The lowest BCUT2D eigenvalue weighted by Crippen LogP contribution is -2.00. The van der Waals surface area contributed by atoms with Gasteiger partial charge in [0.25, 0.3) is 0 Å². The summed E-state index contributed by atoms with van der Waals surface area (Å²) in [6.45, 7) is 4.27. The van der Waals surface area contributed by atoms with Crippen LogP contribution in [0.15, 0.2) is 28.7 Å². The van der Waals surface area contributed by atoms with Gasteiger partial charge in [-0.15, -0.1) is 0 Å². The molecule has 1 nitrogen and oxygen atoms in total. The molecule has 0 N–H and O–H groups in total. The van der Waals surface area contributed by atoms with E-state index in [0.717, 1.165) is 25.2 Å². The van der Waals surface area contributed by atoms with Crippen LogP contribution in [0.3, 0.4) is 0 Å². The first-order valence-corrected chi connectivity index (χ1v) is 10.9. The Kier molecular flexibility index (Phi) is 5.70. The molecule has 0 amide bonds. The Labute approximate surface area is 166 Å². The molecule has 1 fully saturated rings. The molecule has 3 heteroatoms. The molecular formula is C25H30F2O. The first-order chi connectivity index (χ1) is 13.6. The van der Waals surface area contributed by atoms with Crippen molar-refractivity contribution in [3.05, 3.63) is 47.0 Å². The minimum Gasteiger partial charge on any atom is -0.450 e. The van der Waals surface area contributed by atoms with Crippen molar-refractivity contribution in [2.45, 2.75) is 71.6 Å². The first kappa shape index (κ1) is 19.4. The van der Waals surface area contributed by atoms with Gasteiger partial charge in [0.15, 0.2) is 22.8 Å². The van der Waals surface area contributed by atoms with Gasteiger partial charge in [0.2, 0.25) is 0 Å². The summed E-state index contributed by atoms with van der Waals surface area (Å²) in [6, 6.07) is 7.42. The van der Waals surface area contributed by atoms with Gasteiger partial charge < -0.3 is 4.42 Å². The fourth-order valence-electron chi connectivity index (χ4n) is 5.05. The van der Waals surface area contributed by atoms with E-state index in [1.807, 2.05) is 25.1 Å². The van der Waals surface area contributed by atoms with Crippen LogP contribution in [0.4, 0.5) is 8.78 Å². The minimum absolute atomic E-state index is 0.190. The summed E-state index contributed by atoms with van der Waals surface area (Å²) in [5.41, 5.74) is 1.72. The highest BCUT2D eigenvalue weighted by atomic mass is 19.1. The largest absolute Gasteiger partial charge is 0.450 e. The number of aryl methyl sites for hydroxylation is 2. The Hall–Kier alpha value is -1.90. The number of fused-ring (bicyclic) bond motifs is 3. The molecule has 0 spiro atoms. The molecule has 1 aliphatic rings. The third-order valence-corrected chi connectivity index (χ3v) is 6.54. The van der Waals surface area contributed by atoms with Crippen molar-refractivity contribution in [3.63, 3.8) is 0 Å². The number of hydrogen-bond donors (Lipinski definition) is 0. The molecule has 150 valence electrons. The molecule has 3 aromatic rings. The summed E-state index contributed by atoms with van der Waals surface area (Å²) in [5, 5.41) is 1.33. The summed E-state index contributed by atoms with van der Waals surface area (Å²) in [5.74, 6) is 0.909. The van der Waals surface area contributed by atoms with Gasteiger partial charge in [0, 0.05) is 10.8 Å². The molecular weight excluding hydrogens is 354 g/mol. The van der Waals surface area contributed by atoms with E-state index in [9.17, 15) is 4.39 Å². The Morgan fingerprint density at radius 1 is 0.786 bits per heavy atom. The molecule has 1 aliphatic carbocycles. The fourth-order valence-corrected chi connectivity index (χ4v) is 5.05. The smallest absolute Gasteiger partial charge is 0.171 e. The zero-order chi connectivity index (χ0) is 19.7. The van der Waals surface area contributed by atoms with Gasteiger partial charge in [-0.1, -0.05) is 58.1 Å². The number of benzene rings is 2. The Bertz CT molecular complexity index is 972. The predicted molar refractivity (Wildman–Crippen MR) is 112 cm³/mol. The molecule has 2 atom stereocenters. The van der Waals surface area contributed by atoms with Crippen LogP contribution < -0.4 is 0 Å². The lowest BCUT2D eigenvalue weighted by Gasteiger charge is -2.11. The molecule has 2 unspecified atom stereocenters. The number of furan rings is 1. The van der Waals surface area contributed by atoms with Crippen LogP contribution in [0, 0.1) is 23.5 Å². The van der Waals surface area contributed by atoms with Crippen LogP contribution in [-0.4, -0.2) is 0 Å². The van der Waals surface area contributed by atoms with Crippen LogP contribution in [0.5, 0.6) is 0 Å². The number of hydrogen-bond acceptors (Lipinski definition) is 1. The van der Waals surface area contributed by atoms with Crippen LogP contribution in [0.1, 0.15) is 69.9 Å². The van der Waals surface area contributed by atoms with Crippen molar-refractivity contribution in [2.75, 3.05) is 0 Å². The van der Waals surface area contributed by atoms with E-state index in [2.05, 4.69) is 6.92 Å². The predicted octanol–water partition coefficient (Wildman–Crippen LogP) is 7.97. The Balaban J connectivity index is 1.58. The van der Waals surface area contributed by atoms with Gasteiger partial charge >= 0.3 is 0 Å². The normalized spacial score (nSPS) is 19.9. The second-order valence-corrected chi connectivity index (χ2v) is 8.56. The van der Waals surface area contributed by atoms with Gasteiger partial charge in [0.05, 0.1) is 0 Å². The molecule has 0 bridgehead atoms. The van der Waals surface area contributed by atoms with E-state index < -0.39 is 0 Å². The monoisotopic (exact) mass is 384 g/mol. The Morgan fingerprint density at radius 2 is 1.36 bits per heavy atom. The summed E-state index contributed by atoms with van der Waals surface area (Å²) in [7, 11) is 0. The van der Waals surface area contributed by atoms with E-state index >= 15 is 4.39 Å². The van der Waals surface area contributed by atoms with E-state index in [1.165, 1.54) is 32.1 Å². The van der Waals surface area contributed by atoms with Crippen LogP contribution in [0.25, 0.3) is 21.9 Å². The van der Waals surface area contributed by atoms with Crippen LogP contribution in [-0.2, 0) is 12.8 Å². The third-order valence-electron chi connectivity index (χ3n) is 6.54. The highest BCUT2D eigenvalue weighted by Gasteiger charge is 2.24. The summed E-state index contributed by atoms with van der Waals surface area (Å²) < 4.78 is 35.6. The van der Waals surface area contributed by atoms with Crippen molar-refractivity contribution in [1.82, 2.24) is 0 Å². The third kappa shape index (κ3) is 3.56. The van der Waals surface area contributed by atoms with Gasteiger partial charge in [0.1, 0.15) is 0 Å². The Morgan fingerprint density at radius 3 is 1.93 bits per heavy atom. The van der Waals surface area contributed by atoms with Crippen LogP contribution in [0.2, 0.25) is 0 Å². The molecule has 1 saturated carbocycles. The van der Waals surface area contributed by atoms with Crippen molar-refractivity contribution in [3.8, 4) is 0 Å². The molecule has 0 saturated heterocycles. The zero-order valence-electron chi connectivity index (χ0n) is 17.0. The van der Waals surface area contributed by atoms with Gasteiger partial charge in [-0.25, -0.2) is 8.78 Å². The second-order valence-electron chi connectivity index (χ2n) is 8.56. The van der Waals surface area contributed by atoms with Crippen molar-refractivity contribution in [2.24, 2.45) is 11.8 Å². The van der Waals surface area contributed by atoms with Crippen molar-refractivity contribution < 1.29 is 13.2 Å². The molecule has 0 radical (unpaired) electrons. The van der Waals surface area contributed by atoms with E-state index in [1.54, 1.807) is 6.07 Å². The number of rotatable bonds is 7. The highest BCUT2D eigenvalue weighted by molar-refractivity contribution is 6.05. The SMILES string of the molecule is CCCc1ccc2c(oc3c(F)c(CCC4CCC(CCC)C4)ccc32)c1F. The number of halogens is 2. The maximum Gasteiger partial charge on any atom is 0.171 e. The summed E-state index contributed by atoms with van der Waals surface area (Å²) in [6.07, 6.45) is 9.73. The minimum atomic E-state index is -0.343. The van der Waals surface area contributed by atoms with Crippen molar-refractivity contribution >= 4 is 21.9 Å². The van der Waals surface area contributed by atoms with Crippen LogP contribution >= 0.6 is 0 Å². The lowest BCUT2D eigenvalue weighted by molar-refractivity contribution is 0.440. The molecule has 4 rings (SSSR count). The molecule has 1 heterocycles. The lowest BCUT2D eigenvalue weighted by atomic mass is 9.95. The highest BCUT2D eigenvalue weighted by Crippen LogP contribution is 2.38.